The molecule has 9 nitrogen and oxygen atoms in total. The molecule has 196 valence electrons. The Labute approximate surface area is 226 Å². The Morgan fingerprint density at radius 1 is 0.919 bits per heavy atom. The molecule has 0 bridgehead atoms. The molecule has 3 N–H and O–H groups in total. The molecule has 0 unspecified atom stereocenters. The quantitative estimate of drug-likeness (QED) is 0.113. The first-order valence-corrected chi connectivity index (χ1v) is 12.1. The number of hydrogen-bond donors (Lipinski definition) is 2. The van der Waals surface area contributed by atoms with Crippen molar-refractivity contribution in [2.75, 3.05) is 0 Å². The molecule has 0 saturated carbocycles. The summed E-state index contributed by atoms with van der Waals surface area (Å²) in [5.41, 5.74) is 7.56. The summed E-state index contributed by atoms with van der Waals surface area (Å²) >= 11 is 12.2. The van der Waals surface area contributed by atoms with Gasteiger partial charge >= 0.3 is 0 Å². The summed E-state index contributed by atoms with van der Waals surface area (Å²) in [7, 11) is 0. The van der Waals surface area contributed by atoms with Gasteiger partial charge in [-0.05, 0) is 76.2 Å². The van der Waals surface area contributed by atoms with E-state index in [1.165, 1.54) is 0 Å². The first kappa shape index (κ1) is 27.8. The van der Waals surface area contributed by atoms with Crippen LogP contribution < -0.4 is 15.2 Å². The maximum Gasteiger partial charge on any atom is 0.258 e. The third-order valence-corrected chi connectivity index (χ3v) is 5.19. The van der Waals surface area contributed by atoms with E-state index in [1.807, 2.05) is 45.9 Å². The Balaban J connectivity index is 0.000000280. The van der Waals surface area contributed by atoms with Gasteiger partial charge in [0, 0.05) is 30.5 Å². The van der Waals surface area contributed by atoms with Crippen LogP contribution >= 0.6 is 23.2 Å². The molecule has 0 spiro atoms. The van der Waals surface area contributed by atoms with E-state index in [1.54, 1.807) is 42.7 Å². The van der Waals surface area contributed by atoms with Crippen molar-refractivity contribution < 1.29 is 20.6 Å². The van der Waals surface area contributed by atoms with Crippen molar-refractivity contribution in [1.29, 1.82) is 0 Å². The summed E-state index contributed by atoms with van der Waals surface area (Å²) in [5, 5.41) is 16.3. The Hall–Kier alpha value is -3.82. The van der Waals surface area contributed by atoms with Crippen molar-refractivity contribution in [3.8, 4) is 34.3 Å². The van der Waals surface area contributed by atoms with E-state index in [-0.39, 0.29) is 19.5 Å². The molecule has 4 rings (SSSR count). The van der Waals surface area contributed by atoms with E-state index in [4.69, 9.17) is 48.1 Å². The summed E-state index contributed by atoms with van der Waals surface area (Å²) in [6, 6.07) is 14.0. The SMILES string of the molecule is CC(C)Oc1ccc(-c2noc(-c3ccncc3)n2)cc1Cl.CC(C)Oc1ccc(/C(N)=N/O)cc1Cl.[2HH]. The summed E-state index contributed by atoms with van der Waals surface area (Å²) in [5.74, 6) is 2.16. The number of hydrogen-bond acceptors (Lipinski definition) is 8. The number of nitrogens with two attached hydrogens (primary N) is 1. The van der Waals surface area contributed by atoms with Gasteiger partial charge in [0.05, 0.1) is 22.3 Å². The average molecular weight is 547 g/mol. The van der Waals surface area contributed by atoms with Crippen LogP contribution in [0.3, 0.4) is 0 Å². The number of benzene rings is 2. The van der Waals surface area contributed by atoms with E-state index >= 15 is 0 Å². The van der Waals surface area contributed by atoms with Gasteiger partial charge in [-0.2, -0.15) is 4.98 Å². The highest BCUT2D eigenvalue weighted by molar-refractivity contribution is 6.32. The zero-order valence-corrected chi connectivity index (χ0v) is 22.2. The molecule has 2 heterocycles. The molecule has 0 aliphatic carbocycles. The lowest BCUT2D eigenvalue weighted by Crippen LogP contribution is -2.13. The Kier molecular flexibility index (Phi) is 9.71. The van der Waals surface area contributed by atoms with Crippen LogP contribution in [0.15, 0.2) is 70.6 Å². The second-order valence-corrected chi connectivity index (χ2v) is 9.08. The van der Waals surface area contributed by atoms with Crippen molar-refractivity contribution >= 4 is 29.0 Å². The van der Waals surface area contributed by atoms with Crippen LogP contribution in [0, 0.1) is 0 Å². The molecule has 2 aromatic heterocycles. The molecular weight excluding hydrogens is 517 g/mol. The largest absolute Gasteiger partial charge is 0.489 e. The van der Waals surface area contributed by atoms with Gasteiger partial charge in [0.15, 0.2) is 5.84 Å². The Morgan fingerprint density at radius 3 is 2.05 bits per heavy atom. The topological polar surface area (TPSA) is 129 Å². The summed E-state index contributed by atoms with van der Waals surface area (Å²) in [4.78, 5) is 8.34. The molecule has 0 radical (unpaired) electrons. The fourth-order valence-corrected chi connectivity index (χ4v) is 3.46. The van der Waals surface area contributed by atoms with E-state index in [9.17, 15) is 0 Å². The van der Waals surface area contributed by atoms with Crippen LogP contribution in [0.25, 0.3) is 22.8 Å². The van der Waals surface area contributed by atoms with Crippen molar-refractivity contribution in [2.24, 2.45) is 10.9 Å². The maximum atomic E-state index is 8.48. The number of amidine groups is 1. The second kappa shape index (κ2) is 12.9. The van der Waals surface area contributed by atoms with Crippen LogP contribution in [-0.4, -0.2) is 38.4 Å². The number of ether oxygens (including phenoxy) is 2. The molecule has 11 heteroatoms. The lowest BCUT2D eigenvalue weighted by molar-refractivity contribution is 0.242. The Morgan fingerprint density at radius 2 is 1.51 bits per heavy atom. The molecule has 0 atom stereocenters. The van der Waals surface area contributed by atoms with Crippen molar-refractivity contribution in [1.82, 2.24) is 15.1 Å². The first-order valence-electron chi connectivity index (χ1n) is 11.3. The lowest BCUT2D eigenvalue weighted by Gasteiger charge is -2.11. The molecule has 0 fully saturated rings. The van der Waals surface area contributed by atoms with E-state index in [0.29, 0.717) is 38.8 Å². The zero-order chi connectivity index (χ0) is 26.9. The summed E-state index contributed by atoms with van der Waals surface area (Å²) in [6.45, 7) is 7.72. The minimum atomic E-state index is 0. The number of rotatable bonds is 7. The minimum absolute atomic E-state index is 0. The molecule has 2 aromatic carbocycles. The summed E-state index contributed by atoms with van der Waals surface area (Å²) in [6.07, 6.45) is 3.46. The van der Waals surface area contributed by atoms with E-state index in [2.05, 4.69) is 20.3 Å². The monoisotopic (exact) mass is 546 g/mol. The first-order chi connectivity index (χ1) is 17.7. The van der Waals surface area contributed by atoms with Gasteiger partial charge in [0.25, 0.3) is 5.89 Å². The second-order valence-electron chi connectivity index (χ2n) is 8.27. The normalized spacial score (nSPS) is 11.3. The van der Waals surface area contributed by atoms with Crippen molar-refractivity contribution in [3.63, 3.8) is 0 Å². The van der Waals surface area contributed by atoms with Gasteiger partial charge < -0.3 is 24.9 Å². The highest BCUT2D eigenvalue weighted by Crippen LogP contribution is 2.31. The van der Waals surface area contributed by atoms with Crippen LogP contribution in [0.5, 0.6) is 11.5 Å². The highest BCUT2D eigenvalue weighted by atomic mass is 35.5. The number of nitrogens with zero attached hydrogens (tertiary/aromatic N) is 4. The molecule has 4 aromatic rings. The van der Waals surface area contributed by atoms with Gasteiger partial charge in [0.1, 0.15) is 11.5 Å². The van der Waals surface area contributed by atoms with Crippen LogP contribution in [0.2, 0.25) is 10.0 Å². The summed E-state index contributed by atoms with van der Waals surface area (Å²) < 4.78 is 16.3. The number of oxime groups is 1. The molecule has 0 amide bonds. The standard InChI is InChI=1S/C16H14ClN3O2.C10H13ClN2O2.H2/c1-10(2)21-14-4-3-12(9-13(14)17)15-19-16(22-20-15)11-5-7-18-8-6-11;1-6(2)15-9-4-3-7(5-8(9)11)10(12)13-14;/h3-10H,1-2H3;3-6,14H,1-2H3,(H2,12,13);1H/i;;1+1. The predicted octanol–water partition coefficient (Wildman–Crippen LogP) is 6.71. The highest BCUT2D eigenvalue weighted by Gasteiger charge is 2.13. The van der Waals surface area contributed by atoms with E-state index in [0.717, 1.165) is 11.1 Å². The van der Waals surface area contributed by atoms with Gasteiger partial charge in [-0.25, -0.2) is 0 Å². The minimum Gasteiger partial charge on any atom is -0.489 e. The zero-order valence-electron chi connectivity index (χ0n) is 20.7. The molecule has 0 aliphatic rings. The Bertz CT molecular complexity index is 1350. The number of aromatic nitrogens is 3. The molecule has 0 aliphatic heterocycles. The maximum absolute atomic E-state index is 8.48. The predicted molar refractivity (Wildman–Crippen MR) is 146 cm³/mol. The third-order valence-electron chi connectivity index (χ3n) is 4.60. The number of halogens is 2. The van der Waals surface area contributed by atoms with Gasteiger partial charge in [-0.15, -0.1) is 0 Å². The average Bonchev–Trinajstić information content (AvgIpc) is 3.37. The van der Waals surface area contributed by atoms with Crippen molar-refractivity contribution in [2.45, 2.75) is 39.9 Å². The van der Waals surface area contributed by atoms with Crippen molar-refractivity contribution in [3.05, 3.63) is 76.5 Å². The van der Waals surface area contributed by atoms with Gasteiger partial charge in [0.2, 0.25) is 5.82 Å². The van der Waals surface area contributed by atoms with Crippen LogP contribution in [0.1, 0.15) is 34.7 Å². The fourth-order valence-electron chi connectivity index (χ4n) is 3.01. The molecular formula is C26H29Cl2N5O4. The third kappa shape index (κ3) is 7.83. The molecule has 37 heavy (non-hydrogen) atoms. The smallest absolute Gasteiger partial charge is 0.258 e. The fraction of sp³-hybridized carbons (Fsp3) is 0.231. The van der Waals surface area contributed by atoms with Gasteiger partial charge in [-0.3, -0.25) is 4.98 Å². The van der Waals surface area contributed by atoms with Crippen LogP contribution in [-0.2, 0) is 0 Å². The van der Waals surface area contributed by atoms with Crippen LogP contribution in [0.4, 0.5) is 0 Å². The lowest BCUT2D eigenvalue weighted by atomic mass is 10.2. The number of pyridine rings is 1. The van der Waals surface area contributed by atoms with E-state index < -0.39 is 0 Å². The molecule has 0 saturated heterocycles. The van der Waals surface area contributed by atoms with Gasteiger partial charge in [-0.1, -0.05) is 33.5 Å².